The summed E-state index contributed by atoms with van der Waals surface area (Å²) >= 11 is 0. The highest BCUT2D eigenvalue weighted by Crippen LogP contribution is 2.19. The molecular weight excluding hydrogens is 258 g/mol. The number of H-pyrrole nitrogens is 2. The number of carbonyl (C=O) groups is 1. The van der Waals surface area contributed by atoms with Crippen LogP contribution in [0, 0.1) is 0 Å². The highest BCUT2D eigenvalue weighted by molar-refractivity contribution is 5.78. The zero-order chi connectivity index (χ0) is 14.1. The zero-order valence-corrected chi connectivity index (χ0v) is 11.0. The van der Waals surface area contributed by atoms with Crippen molar-refractivity contribution in [3.63, 3.8) is 0 Å². The molecule has 1 saturated heterocycles. The Hall–Kier alpha value is -2.44. The van der Waals surface area contributed by atoms with Gasteiger partial charge in [0, 0.05) is 24.8 Å². The minimum atomic E-state index is -0.352. The summed E-state index contributed by atoms with van der Waals surface area (Å²) in [7, 11) is 0. The quantitative estimate of drug-likeness (QED) is 0.651. The molecule has 0 aliphatic carbocycles. The summed E-state index contributed by atoms with van der Waals surface area (Å²) in [6.45, 7) is 1.35. The van der Waals surface area contributed by atoms with E-state index < -0.39 is 0 Å². The van der Waals surface area contributed by atoms with E-state index in [0.29, 0.717) is 19.1 Å². The number of fused-ring (bicyclic) bond motifs is 1. The summed E-state index contributed by atoms with van der Waals surface area (Å²) < 4.78 is 0. The van der Waals surface area contributed by atoms with Gasteiger partial charge in [-0.1, -0.05) is 0 Å². The largest absolute Gasteiger partial charge is 0.382 e. The zero-order valence-electron chi connectivity index (χ0n) is 11.0. The lowest BCUT2D eigenvalue weighted by atomic mass is 10.0. The summed E-state index contributed by atoms with van der Waals surface area (Å²) in [6.07, 6.45) is 1.73. The van der Waals surface area contributed by atoms with E-state index in [1.54, 1.807) is 4.90 Å². The van der Waals surface area contributed by atoms with Crippen molar-refractivity contribution in [3.05, 3.63) is 28.7 Å². The van der Waals surface area contributed by atoms with Gasteiger partial charge in [0.2, 0.25) is 0 Å². The number of aromatic amines is 2. The van der Waals surface area contributed by atoms with Gasteiger partial charge in [-0.25, -0.2) is 9.59 Å². The van der Waals surface area contributed by atoms with Gasteiger partial charge in [-0.3, -0.25) is 0 Å². The first-order chi connectivity index (χ1) is 9.61. The first-order valence-electron chi connectivity index (χ1n) is 6.65. The van der Waals surface area contributed by atoms with Crippen LogP contribution in [-0.4, -0.2) is 40.0 Å². The lowest BCUT2D eigenvalue weighted by molar-refractivity contribution is 0.193. The van der Waals surface area contributed by atoms with Crippen LogP contribution >= 0.6 is 0 Å². The van der Waals surface area contributed by atoms with Gasteiger partial charge in [-0.2, -0.15) is 0 Å². The lowest BCUT2D eigenvalue weighted by Gasteiger charge is -2.31. The van der Waals surface area contributed by atoms with Crippen molar-refractivity contribution in [2.45, 2.75) is 18.9 Å². The predicted octanol–water partition coefficient (Wildman–Crippen LogP) is 0.811. The van der Waals surface area contributed by atoms with Crippen LogP contribution in [0.4, 0.5) is 10.5 Å². The van der Waals surface area contributed by atoms with Crippen LogP contribution in [0.3, 0.4) is 0 Å². The molecule has 0 saturated carbocycles. The molecule has 106 valence electrons. The Balaban J connectivity index is 1.68. The molecule has 1 aromatic carbocycles. The number of nitrogens with one attached hydrogen (secondary N) is 3. The molecule has 0 spiro atoms. The third kappa shape index (κ3) is 2.47. The van der Waals surface area contributed by atoms with Crippen molar-refractivity contribution >= 4 is 22.8 Å². The number of piperidine rings is 1. The SMILES string of the molecule is NC(=O)N1CCC(Nc2ccc3[nH]c(=O)[nH]c3c2)CC1. The van der Waals surface area contributed by atoms with Crippen LogP contribution < -0.4 is 16.7 Å². The number of benzene rings is 1. The fraction of sp³-hybridized carbons (Fsp3) is 0.385. The molecule has 2 aromatic rings. The van der Waals surface area contributed by atoms with Crippen molar-refractivity contribution in [1.82, 2.24) is 14.9 Å². The van der Waals surface area contributed by atoms with Gasteiger partial charge in [-0.05, 0) is 31.0 Å². The number of likely N-dealkylation sites (tertiary alicyclic amines) is 1. The molecule has 1 aromatic heterocycles. The van der Waals surface area contributed by atoms with Gasteiger partial charge in [0.05, 0.1) is 11.0 Å². The molecule has 0 radical (unpaired) electrons. The summed E-state index contributed by atoms with van der Waals surface area (Å²) in [6, 6.07) is 5.68. The number of urea groups is 1. The molecule has 7 nitrogen and oxygen atoms in total. The number of hydrogen-bond acceptors (Lipinski definition) is 3. The van der Waals surface area contributed by atoms with Crippen LogP contribution in [0.2, 0.25) is 0 Å². The van der Waals surface area contributed by atoms with Gasteiger partial charge in [0.1, 0.15) is 0 Å². The maximum atomic E-state index is 11.2. The van der Waals surface area contributed by atoms with Crippen LogP contribution in [0.15, 0.2) is 23.0 Å². The second kappa shape index (κ2) is 4.92. The lowest BCUT2D eigenvalue weighted by Crippen LogP contribution is -2.44. The highest BCUT2D eigenvalue weighted by atomic mass is 16.2. The van der Waals surface area contributed by atoms with Crippen molar-refractivity contribution < 1.29 is 4.79 Å². The van der Waals surface area contributed by atoms with Crippen LogP contribution in [-0.2, 0) is 0 Å². The molecule has 0 unspecified atom stereocenters. The van der Waals surface area contributed by atoms with Gasteiger partial charge in [0.25, 0.3) is 0 Å². The number of nitrogens with two attached hydrogens (primary N) is 1. The number of primary amides is 1. The van der Waals surface area contributed by atoms with E-state index in [4.69, 9.17) is 5.73 Å². The van der Waals surface area contributed by atoms with Gasteiger partial charge < -0.3 is 25.9 Å². The van der Waals surface area contributed by atoms with Crippen molar-refractivity contribution in [2.75, 3.05) is 18.4 Å². The van der Waals surface area contributed by atoms with Crippen molar-refractivity contribution in [3.8, 4) is 0 Å². The molecule has 0 atom stereocenters. The number of imidazole rings is 1. The Labute approximate surface area is 115 Å². The van der Waals surface area contributed by atoms with E-state index in [1.165, 1.54) is 0 Å². The van der Waals surface area contributed by atoms with Gasteiger partial charge in [0.15, 0.2) is 0 Å². The van der Waals surface area contributed by atoms with E-state index in [9.17, 15) is 9.59 Å². The standard InChI is InChI=1S/C13H17N5O2/c14-12(19)18-5-3-8(4-6-18)15-9-1-2-10-11(7-9)17-13(20)16-10/h1-2,7-8,15H,3-6H2,(H2,14,19)(H2,16,17,20). The summed E-state index contributed by atoms with van der Waals surface area (Å²) in [5.74, 6) is 0. The Bertz CT molecular complexity index is 681. The number of carbonyl (C=O) groups excluding carboxylic acids is 1. The van der Waals surface area contributed by atoms with E-state index >= 15 is 0 Å². The van der Waals surface area contributed by atoms with Gasteiger partial charge in [-0.15, -0.1) is 0 Å². The molecule has 2 heterocycles. The molecule has 20 heavy (non-hydrogen) atoms. The molecule has 0 bridgehead atoms. The summed E-state index contributed by atoms with van der Waals surface area (Å²) in [5, 5.41) is 3.43. The fourth-order valence-electron chi connectivity index (χ4n) is 2.60. The average molecular weight is 275 g/mol. The second-order valence-corrected chi connectivity index (χ2v) is 5.08. The topological polar surface area (TPSA) is 107 Å². The Kier molecular flexibility index (Phi) is 3.09. The number of amides is 2. The highest BCUT2D eigenvalue weighted by Gasteiger charge is 2.20. The predicted molar refractivity (Wildman–Crippen MR) is 76.7 cm³/mol. The second-order valence-electron chi connectivity index (χ2n) is 5.08. The van der Waals surface area contributed by atoms with Crippen LogP contribution in [0.5, 0.6) is 0 Å². The smallest absolute Gasteiger partial charge is 0.323 e. The molecule has 5 N–H and O–H groups in total. The minimum Gasteiger partial charge on any atom is -0.382 e. The molecule has 3 rings (SSSR count). The first-order valence-corrected chi connectivity index (χ1v) is 6.65. The Morgan fingerprint density at radius 1 is 1.25 bits per heavy atom. The van der Waals surface area contributed by atoms with E-state index in [2.05, 4.69) is 15.3 Å². The van der Waals surface area contributed by atoms with E-state index in [-0.39, 0.29) is 11.7 Å². The number of anilines is 1. The third-order valence-electron chi connectivity index (χ3n) is 3.69. The first kappa shape index (κ1) is 12.6. The third-order valence-corrected chi connectivity index (χ3v) is 3.69. The average Bonchev–Trinajstić information content (AvgIpc) is 2.78. The molecule has 7 heteroatoms. The maximum Gasteiger partial charge on any atom is 0.323 e. The van der Waals surface area contributed by atoms with Gasteiger partial charge >= 0.3 is 11.7 Å². The summed E-state index contributed by atoms with van der Waals surface area (Å²) in [4.78, 5) is 29.4. The summed E-state index contributed by atoms with van der Waals surface area (Å²) in [5.41, 5.74) is 7.60. The molecule has 1 aliphatic rings. The number of nitrogens with zero attached hydrogens (tertiary/aromatic N) is 1. The normalized spacial score (nSPS) is 16.5. The maximum absolute atomic E-state index is 11.2. The monoisotopic (exact) mass is 275 g/mol. The van der Waals surface area contributed by atoms with Crippen molar-refractivity contribution in [1.29, 1.82) is 0 Å². The van der Waals surface area contributed by atoms with E-state index in [0.717, 1.165) is 29.6 Å². The minimum absolute atomic E-state index is 0.202. The number of rotatable bonds is 2. The molecule has 1 fully saturated rings. The molecule has 1 aliphatic heterocycles. The van der Waals surface area contributed by atoms with Crippen LogP contribution in [0.25, 0.3) is 11.0 Å². The Morgan fingerprint density at radius 2 is 1.95 bits per heavy atom. The van der Waals surface area contributed by atoms with E-state index in [1.807, 2.05) is 18.2 Å². The Morgan fingerprint density at radius 3 is 2.65 bits per heavy atom. The van der Waals surface area contributed by atoms with Crippen molar-refractivity contribution in [2.24, 2.45) is 5.73 Å². The molecule has 2 amide bonds. The molecular formula is C13H17N5O2. The number of aromatic nitrogens is 2. The van der Waals surface area contributed by atoms with Crippen LogP contribution in [0.1, 0.15) is 12.8 Å². The number of hydrogen-bond donors (Lipinski definition) is 4. The fourth-order valence-corrected chi connectivity index (χ4v) is 2.60.